The fourth-order valence-corrected chi connectivity index (χ4v) is 1.86. The zero-order valence-corrected chi connectivity index (χ0v) is 11.1. The second-order valence-electron chi connectivity index (χ2n) is 4.59. The quantitative estimate of drug-likeness (QED) is 0.870. The van der Waals surface area contributed by atoms with E-state index in [4.69, 9.17) is 5.73 Å². The first-order valence-corrected chi connectivity index (χ1v) is 6.18. The van der Waals surface area contributed by atoms with Crippen LogP contribution in [0.3, 0.4) is 0 Å². The Kier molecular flexibility index (Phi) is 3.97. The number of nitrogens with two attached hydrogens (primary N) is 1. The number of carbonyl (C=O) groups excluding carboxylic acids is 1. The maximum atomic E-state index is 11.7. The van der Waals surface area contributed by atoms with Crippen molar-refractivity contribution in [2.45, 2.75) is 19.5 Å². The van der Waals surface area contributed by atoms with Gasteiger partial charge >= 0.3 is 0 Å². The van der Waals surface area contributed by atoms with Crippen LogP contribution in [0.15, 0.2) is 36.5 Å². The van der Waals surface area contributed by atoms with Gasteiger partial charge in [0.25, 0.3) is 0 Å². The van der Waals surface area contributed by atoms with Crippen molar-refractivity contribution in [1.82, 2.24) is 14.9 Å². The highest BCUT2D eigenvalue weighted by atomic mass is 16.2. The van der Waals surface area contributed by atoms with E-state index < -0.39 is 6.04 Å². The Morgan fingerprint density at radius 2 is 2.11 bits per heavy atom. The van der Waals surface area contributed by atoms with Gasteiger partial charge in [-0.2, -0.15) is 0 Å². The van der Waals surface area contributed by atoms with Gasteiger partial charge in [-0.05, 0) is 12.5 Å². The molecule has 5 nitrogen and oxygen atoms in total. The van der Waals surface area contributed by atoms with E-state index in [9.17, 15) is 4.79 Å². The number of nitrogens with one attached hydrogen (secondary N) is 1. The molecule has 2 aromatic rings. The van der Waals surface area contributed by atoms with Crippen molar-refractivity contribution >= 4 is 5.91 Å². The molecule has 0 spiro atoms. The molecule has 0 fully saturated rings. The molecule has 0 bridgehead atoms. The molecule has 1 aromatic heterocycles. The number of benzene rings is 1. The van der Waals surface area contributed by atoms with Crippen molar-refractivity contribution in [3.05, 3.63) is 42.4 Å². The molecule has 100 valence electrons. The number of likely N-dealkylation sites (N-methyl/N-ethyl adjacent to an activating group) is 1. The van der Waals surface area contributed by atoms with Gasteiger partial charge in [0.1, 0.15) is 5.82 Å². The summed E-state index contributed by atoms with van der Waals surface area (Å²) in [4.78, 5) is 20.7. The minimum absolute atomic E-state index is 0.0994. The summed E-state index contributed by atoms with van der Waals surface area (Å²) < 4.78 is 0. The van der Waals surface area contributed by atoms with E-state index in [1.807, 2.05) is 30.3 Å². The maximum Gasteiger partial charge on any atom is 0.239 e. The number of aromatic amines is 1. The average Bonchev–Trinajstić information content (AvgIpc) is 2.87. The summed E-state index contributed by atoms with van der Waals surface area (Å²) >= 11 is 0. The molecule has 1 aromatic carbocycles. The van der Waals surface area contributed by atoms with E-state index in [1.54, 1.807) is 25.1 Å². The van der Waals surface area contributed by atoms with Gasteiger partial charge in [0.15, 0.2) is 0 Å². The molecule has 1 unspecified atom stereocenters. The number of aromatic nitrogens is 2. The summed E-state index contributed by atoms with van der Waals surface area (Å²) in [5.74, 6) is 0.646. The molecule has 5 heteroatoms. The van der Waals surface area contributed by atoms with Crippen molar-refractivity contribution in [3.63, 3.8) is 0 Å². The number of carbonyl (C=O) groups is 1. The van der Waals surface area contributed by atoms with Crippen LogP contribution in [0.2, 0.25) is 0 Å². The number of hydrogen-bond acceptors (Lipinski definition) is 3. The molecule has 3 N–H and O–H groups in total. The topological polar surface area (TPSA) is 75.0 Å². The van der Waals surface area contributed by atoms with Gasteiger partial charge in [-0.3, -0.25) is 4.79 Å². The fraction of sp³-hybridized carbons (Fsp3) is 0.286. The Labute approximate surface area is 112 Å². The minimum Gasteiger partial charge on any atom is -0.341 e. The molecule has 19 heavy (non-hydrogen) atoms. The lowest BCUT2D eigenvalue weighted by molar-refractivity contribution is -0.131. The van der Waals surface area contributed by atoms with Crippen LogP contribution in [0, 0.1) is 0 Å². The van der Waals surface area contributed by atoms with Crippen molar-refractivity contribution < 1.29 is 4.79 Å². The van der Waals surface area contributed by atoms with Crippen LogP contribution in [0.1, 0.15) is 12.7 Å². The maximum absolute atomic E-state index is 11.7. The molecule has 1 amide bonds. The summed E-state index contributed by atoms with van der Waals surface area (Å²) in [6.07, 6.45) is 1.77. The number of rotatable bonds is 4. The molecule has 2 rings (SSSR count). The van der Waals surface area contributed by atoms with E-state index >= 15 is 0 Å². The molecular weight excluding hydrogens is 240 g/mol. The Morgan fingerprint density at radius 1 is 1.42 bits per heavy atom. The number of nitrogens with zero attached hydrogens (tertiary/aromatic N) is 2. The Hall–Kier alpha value is -2.14. The van der Waals surface area contributed by atoms with Crippen LogP contribution >= 0.6 is 0 Å². The highest BCUT2D eigenvalue weighted by Crippen LogP contribution is 2.16. The highest BCUT2D eigenvalue weighted by molar-refractivity contribution is 5.80. The lowest BCUT2D eigenvalue weighted by Crippen LogP contribution is -2.39. The predicted molar refractivity (Wildman–Crippen MR) is 74.1 cm³/mol. The van der Waals surface area contributed by atoms with Crippen LogP contribution in [0.5, 0.6) is 0 Å². The van der Waals surface area contributed by atoms with E-state index in [2.05, 4.69) is 9.97 Å². The summed E-state index contributed by atoms with van der Waals surface area (Å²) in [7, 11) is 1.72. The van der Waals surface area contributed by atoms with E-state index in [0.29, 0.717) is 6.54 Å². The monoisotopic (exact) mass is 258 g/mol. The SMILES string of the molecule is CC(N)C(=O)N(C)Cc1ncc(-c2ccccc2)[nH]1. The van der Waals surface area contributed by atoms with Crippen molar-refractivity contribution in [2.24, 2.45) is 5.73 Å². The van der Waals surface area contributed by atoms with Gasteiger partial charge in [-0.1, -0.05) is 30.3 Å². The number of amides is 1. The summed E-state index contributed by atoms with van der Waals surface area (Å²) in [5, 5.41) is 0. The third kappa shape index (κ3) is 3.20. The fourth-order valence-electron chi connectivity index (χ4n) is 1.86. The van der Waals surface area contributed by atoms with Crippen molar-refractivity contribution in [2.75, 3.05) is 7.05 Å². The van der Waals surface area contributed by atoms with Gasteiger partial charge < -0.3 is 15.6 Å². The second kappa shape index (κ2) is 5.67. The standard InChI is InChI=1S/C14H18N4O/c1-10(15)14(19)18(2)9-13-16-8-12(17-13)11-6-4-3-5-7-11/h3-8,10H,9,15H2,1-2H3,(H,16,17). The minimum atomic E-state index is -0.492. The zero-order valence-electron chi connectivity index (χ0n) is 11.1. The molecule has 0 aliphatic carbocycles. The Morgan fingerprint density at radius 3 is 2.74 bits per heavy atom. The highest BCUT2D eigenvalue weighted by Gasteiger charge is 2.14. The molecule has 0 saturated heterocycles. The summed E-state index contributed by atoms with van der Waals surface area (Å²) in [5.41, 5.74) is 7.58. The number of imidazole rings is 1. The third-order valence-corrected chi connectivity index (χ3v) is 2.87. The van der Waals surface area contributed by atoms with E-state index in [-0.39, 0.29) is 5.91 Å². The third-order valence-electron chi connectivity index (χ3n) is 2.87. The van der Waals surface area contributed by atoms with Crippen molar-refractivity contribution in [1.29, 1.82) is 0 Å². The zero-order chi connectivity index (χ0) is 13.8. The van der Waals surface area contributed by atoms with Crippen LogP contribution in [-0.2, 0) is 11.3 Å². The normalized spacial score (nSPS) is 12.2. The first kappa shape index (κ1) is 13.3. The first-order valence-electron chi connectivity index (χ1n) is 6.18. The second-order valence-corrected chi connectivity index (χ2v) is 4.59. The Balaban J connectivity index is 2.08. The van der Waals surface area contributed by atoms with Crippen LogP contribution < -0.4 is 5.73 Å². The van der Waals surface area contributed by atoms with Gasteiger partial charge in [-0.25, -0.2) is 4.98 Å². The molecule has 1 atom stereocenters. The largest absolute Gasteiger partial charge is 0.341 e. The summed E-state index contributed by atoms with van der Waals surface area (Å²) in [6, 6.07) is 9.44. The first-order chi connectivity index (χ1) is 9.08. The van der Waals surface area contributed by atoms with E-state index in [0.717, 1.165) is 17.1 Å². The van der Waals surface area contributed by atoms with Crippen LogP contribution in [0.25, 0.3) is 11.3 Å². The molecule has 0 aliphatic rings. The van der Waals surface area contributed by atoms with Gasteiger partial charge in [-0.15, -0.1) is 0 Å². The summed E-state index contributed by atoms with van der Waals surface area (Å²) in [6.45, 7) is 2.10. The molecule has 0 aliphatic heterocycles. The van der Waals surface area contributed by atoms with Crippen LogP contribution in [-0.4, -0.2) is 33.9 Å². The lowest BCUT2D eigenvalue weighted by Gasteiger charge is -2.17. The molecule has 0 radical (unpaired) electrons. The lowest BCUT2D eigenvalue weighted by atomic mass is 10.2. The van der Waals surface area contributed by atoms with Gasteiger partial charge in [0, 0.05) is 7.05 Å². The number of H-pyrrole nitrogens is 1. The van der Waals surface area contributed by atoms with Crippen molar-refractivity contribution in [3.8, 4) is 11.3 Å². The number of hydrogen-bond donors (Lipinski definition) is 2. The molecule has 1 heterocycles. The van der Waals surface area contributed by atoms with E-state index in [1.165, 1.54) is 0 Å². The van der Waals surface area contributed by atoms with Gasteiger partial charge in [0.05, 0.1) is 24.5 Å². The van der Waals surface area contributed by atoms with Crippen LogP contribution in [0.4, 0.5) is 0 Å². The molecule has 0 saturated carbocycles. The van der Waals surface area contributed by atoms with Gasteiger partial charge in [0.2, 0.25) is 5.91 Å². The molecular formula is C14H18N4O. The predicted octanol–water partition coefficient (Wildman–Crippen LogP) is 1.38. The average molecular weight is 258 g/mol. The Bertz CT molecular complexity index is 548. The smallest absolute Gasteiger partial charge is 0.239 e.